The van der Waals surface area contributed by atoms with Crippen LogP contribution in [0.5, 0.6) is 11.5 Å². The average Bonchev–Trinajstić information content (AvgIpc) is 2.54. The SMILES string of the molecule is COc1ccc(O[C@@H](C)C(=O)NCc2ccccc2C)cc1. The number of aryl methyl sites for hydroxylation is 1. The summed E-state index contributed by atoms with van der Waals surface area (Å²) >= 11 is 0. The third-order valence-electron chi connectivity index (χ3n) is 3.46. The standard InChI is InChI=1S/C18H21NO3/c1-13-6-4-5-7-15(13)12-19-18(20)14(2)22-17-10-8-16(21-3)9-11-17/h4-11,14H,12H2,1-3H3,(H,19,20)/t14-/m0/s1. The molecule has 0 aliphatic carbocycles. The van der Waals surface area contributed by atoms with Gasteiger partial charge in [0, 0.05) is 6.54 Å². The normalized spacial score (nSPS) is 11.6. The summed E-state index contributed by atoms with van der Waals surface area (Å²) in [5, 5.41) is 2.89. The van der Waals surface area contributed by atoms with Gasteiger partial charge in [-0.05, 0) is 49.2 Å². The molecule has 0 aliphatic rings. The minimum Gasteiger partial charge on any atom is -0.497 e. The van der Waals surface area contributed by atoms with E-state index < -0.39 is 6.10 Å². The molecule has 0 aliphatic heterocycles. The third-order valence-corrected chi connectivity index (χ3v) is 3.46. The van der Waals surface area contributed by atoms with E-state index in [1.807, 2.05) is 31.2 Å². The second kappa shape index (κ2) is 7.50. The molecular formula is C18H21NO3. The Kier molecular flexibility index (Phi) is 5.42. The van der Waals surface area contributed by atoms with Crippen LogP contribution in [0.1, 0.15) is 18.1 Å². The van der Waals surface area contributed by atoms with E-state index in [1.54, 1.807) is 38.3 Å². The van der Waals surface area contributed by atoms with E-state index >= 15 is 0 Å². The van der Waals surface area contributed by atoms with Gasteiger partial charge < -0.3 is 14.8 Å². The van der Waals surface area contributed by atoms with Crippen LogP contribution in [-0.2, 0) is 11.3 Å². The zero-order valence-corrected chi connectivity index (χ0v) is 13.1. The fraction of sp³-hybridized carbons (Fsp3) is 0.278. The maximum absolute atomic E-state index is 12.1. The van der Waals surface area contributed by atoms with Crippen molar-refractivity contribution in [3.8, 4) is 11.5 Å². The van der Waals surface area contributed by atoms with Crippen LogP contribution in [0, 0.1) is 6.92 Å². The topological polar surface area (TPSA) is 47.6 Å². The second-order valence-electron chi connectivity index (χ2n) is 5.08. The Morgan fingerprint density at radius 3 is 2.36 bits per heavy atom. The zero-order chi connectivity index (χ0) is 15.9. The summed E-state index contributed by atoms with van der Waals surface area (Å²) in [6.07, 6.45) is -0.558. The Bertz CT molecular complexity index is 622. The van der Waals surface area contributed by atoms with Gasteiger partial charge in [0.05, 0.1) is 7.11 Å². The maximum Gasteiger partial charge on any atom is 0.261 e. The molecule has 116 valence electrons. The molecule has 0 saturated heterocycles. The van der Waals surface area contributed by atoms with Crippen LogP contribution in [-0.4, -0.2) is 19.1 Å². The average molecular weight is 299 g/mol. The molecule has 1 N–H and O–H groups in total. The van der Waals surface area contributed by atoms with E-state index in [-0.39, 0.29) is 5.91 Å². The second-order valence-corrected chi connectivity index (χ2v) is 5.08. The highest BCUT2D eigenvalue weighted by atomic mass is 16.5. The Balaban J connectivity index is 1.87. The van der Waals surface area contributed by atoms with E-state index in [0.717, 1.165) is 16.9 Å². The molecule has 2 rings (SSSR count). The Morgan fingerprint density at radius 2 is 1.73 bits per heavy atom. The van der Waals surface area contributed by atoms with Crippen LogP contribution >= 0.6 is 0 Å². The van der Waals surface area contributed by atoms with E-state index in [1.165, 1.54) is 0 Å². The molecule has 2 aromatic rings. The first-order chi connectivity index (χ1) is 10.6. The van der Waals surface area contributed by atoms with Crippen LogP contribution in [0.4, 0.5) is 0 Å². The highest BCUT2D eigenvalue weighted by Crippen LogP contribution is 2.18. The summed E-state index contributed by atoms with van der Waals surface area (Å²) in [6, 6.07) is 15.1. The summed E-state index contributed by atoms with van der Waals surface area (Å²) in [4.78, 5) is 12.1. The van der Waals surface area contributed by atoms with Gasteiger partial charge in [0.2, 0.25) is 0 Å². The monoisotopic (exact) mass is 299 g/mol. The number of rotatable bonds is 6. The van der Waals surface area contributed by atoms with Crippen molar-refractivity contribution in [1.82, 2.24) is 5.32 Å². The number of nitrogens with one attached hydrogen (secondary N) is 1. The van der Waals surface area contributed by atoms with Crippen LogP contribution in [0.15, 0.2) is 48.5 Å². The first-order valence-electron chi connectivity index (χ1n) is 7.23. The Hall–Kier alpha value is -2.49. The maximum atomic E-state index is 12.1. The molecule has 0 heterocycles. The smallest absolute Gasteiger partial charge is 0.261 e. The van der Waals surface area contributed by atoms with E-state index in [9.17, 15) is 4.79 Å². The number of amides is 1. The van der Waals surface area contributed by atoms with Crippen molar-refractivity contribution in [2.24, 2.45) is 0 Å². The molecule has 0 saturated carbocycles. The Labute approximate surface area is 131 Å². The number of benzene rings is 2. The van der Waals surface area contributed by atoms with E-state index in [2.05, 4.69) is 5.32 Å². The fourth-order valence-electron chi connectivity index (χ4n) is 2.05. The van der Waals surface area contributed by atoms with Crippen molar-refractivity contribution in [3.63, 3.8) is 0 Å². The molecule has 22 heavy (non-hydrogen) atoms. The molecular weight excluding hydrogens is 278 g/mol. The van der Waals surface area contributed by atoms with Gasteiger partial charge in [0.15, 0.2) is 6.10 Å². The first kappa shape index (κ1) is 15.9. The molecule has 0 fully saturated rings. The van der Waals surface area contributed by atoms with Crippen LogP contribution in [0.2, 0.25) is 0 Å². The van der Waals surface area contributed by atoms with E-state index in [0.29, 0.717) is 12.3 Å². The van der Waals surface area contributed by atoms with Gasteiger partial charge in [-0.15, -0.1) is 0 Å². The minimum atomic E-state index is -0.558. The summed E-state index contributed by atoms with van der Waals surface area (Å²) in [5.41, 5.74) is 2.26. The number of ether oxygens (including phenoxy) is 2. The summed E-state index contributed by atoms with van der Waals surface area (Å²) in [7, 11) is 1.61. The third kappa shape index (κ3) is 4.25. The van der Waals surface area contributed by atoms with Crippen LogP contribution in [0.25, 0.3) is 0 Å². The lowest BCUT2D eigenvalue weighted by atomic mass is 10.1. The van der Waals surface area contributed by atoms with Gasteiger partial charge >= 0.3 is 0 Å². The molecule has 4 heteroatoms. The molecule has 1 amide bonds. The molecule has 0 spiro atoms. The van der Waals surface area contributed by atoms with E-state index in [4.69, 9.17) is 9.47 Å². The number of hydrogen-bond acceptors (Lipinski definition) is 3. The van der Waals surface area contributed by atoms with Gasteiger partial charge in [-0.2, -0.15) is 0 Å². The van der Waals surface area contributed by atoms with Crippen molar-refractivity contribution < 1.29 is 14.3 Å². The quantitative estimate of drug-likeness (QED) is 0.891. The molecule has 0 aromatic heterocycles. The largest absolute Gasteiger partial charge is 0.497 e. The lowest BCUT2D eigenvalue weighted by Crippen LogP contribution is -2.36. The summed E-state index contributed by atoms with van der Waals surface area (Å²) in [6.45, 7) is 4.26. The lowest BCUT2D eigenvalue weighted by Gasteiger charge is -2.15. The predicted molar refractivity (Wildman–Crippen MR) is 86.1 cm³/mol. The van der Waals surface area contributed by atoms with Gasteiger partial charge in [-0.3, -0.25) is 4.79 Å². The minimum absolute atomic E-state index is 0.140. The van der Waals surface area contributed by atoms with Gasteiger partial charge in [-0.25, -0.2) is 0 Å². The van der Waals surface area contributed by atoms with Crippen molar-refractivity contribution in [2.45, 2.75) is 26.5 Å². The number of carbonyl (C=O) groups excluding carboxylic acids is 1. The zero-order valence-electron chi connectivity index (χ0n) is 13.1. The van der Waals surface area contributed by atoms with Crippen molar-refractivity contribution >= 4 is 5.91 Å². The van der Waals surface area contributed by atoms with Crippen LogP contribution < -0.4 is 14.8 Å². The molecule has 1 atom stereocenters. The van der Waals surface area contributed by atoms with Crippen molar-refractivity contribution in [2.75, 3.05) is 7.11 Å². The fourth-order valence-corrected chi connectivity index (χ4v) is 2.05. The van der Waals surface area contributed by atoms with Gasteiger partial charge in [-0.1, -0.05) is 24.3 Å². The first-order valence-corrected chi connectivity index (χ1v) is 7.23. The predicted octanol–water partition coefficient (Wildman–Crippen LogP) is 3.09. The molecule has 0 unspecified atom stereocenters. The summed E-state index contributed by atoms with van der Waals surface area (Å²) < 4.78 is 10.7. The molecule has 4 nitrogen and oxygen atoms in total. The number of hydrogen-bond donors (Lipinski definition) is 1. The molecule has 0 radical (unpaired) electrons. The highest BCUT2D eigenvalue weighted by molar-refractivity contribution is 5.80. The lowest BCUT2D eigenvalue weighted by molar-refractivity contribution is -0.127. The van der Waals surface area contributed by atoms with Crippen molar-refractivity contribution in [1.29, 1.82) is 0 Å². The summed E-state index contributed by atoms with van der Waals surface area (Å²) in [5.74, 6) is 1.25. The number of methoxy groups -OCH3 is 1. The molecule has 2 aromatic carbocycles. The van der Waals surface area contributed by atoms with Gasteiger partial charge in [0.25, 0.3) is 5.91 Å². The van der Waals surface area contributed by atoms with Crippen molar-refractivity contribution in [3.05, 3.63) is 59.7 Å². The van der Waals surface area contributed by atoms with Gasteiger partial charge in [0.1, 0.15) is 11.5 Å². The number of carbonyl (C=O) groups is 1. The van der Waals surface area contributed by atoms with Crippen LogP contribution in [0.3, 0.4) is 0 Å². The highest BCUT2D eigenvalue weighted by Gasteiger charge is 2.14. The Morgan fingerprint density at radius 1 is 1.09 bits per heavy atom. The molecule has 0 bridgehead atoms.